The molecule has 3 heteroatoms. The summed E-state index contributed by atoms with van der Waals surface area (Å²) in [5.74, 6) is -1.92. The van der Waals surface area contributed by atoms with Crippen LogP contribution in [0.1, 0.15) is 63.8 Å². The Morgan fingerprint density at radius 2 is 1.77 bits per heavy atom. The van der Waals surface area contributed by atoms with Gasteiger partial charge >= 0.3 is 5.97 Å². The second-order valence-corrected chi connectivity index (χ2v) is 1.58. The van der Waals surface area contributed by atoms with Crippen molar-refractivity contribution >= 4 is 5.97 Å². The molecule has 0 fully saturated rings. The summed E-state index contributed by atoms with van der Waals surface area (Å²) < 4.78 is 111. The number of ether oxygens (including phenoxy) is 1. The maximum absolute atomic E-state index is 11.5. The van der Waals surface area contributed by atoms with E-state index in [-0.39, 0.29) is 0 Å². The first kappa shape index (κ1) is 2.51. The van der Waals surface area contributed by atoms with Crippen LogP contribution in [0.2, 0.25) is 0 Å². The maximum Gasteiger partial charge on any atom is 0.305 e. The number of rotatable bonds is 8. The zero-order chi connectivity index (χ0) is 22.5. The summed E-state index contributed by atoms with van der Waals surface area (Å²) in [6.45, 7) is -1.60. The van der Waals surface area contributed by atoms with Crippen LogP contribution in [0.25, 0.3) is 0 Å². The van der Waals surface area contributed by atoms with E-state index in [1.54, 1.807) is 0 Å². The minimum Gasteiger partial charge on any atom is -0.469 e. The van der Waals surface area contributed by atoms with Crippen molar-refractivity contribution in [1.29, 1.82) is 0 Å². The predicted octanol–water partition coefficient (Wildman–Crippen LogP) is 1.88. The Morgan fingerprint density at radius 1 is 1.23 bits per heavy atom. The fourth-order valence-corrected chi connectivity index (χ4v) is 0.311. The van der Waals surface area contributed by atoms with Crippen LogP contribution in [0.5, 0.6) is 0 Å². The van der Waals surface area contributed by atoms with Gasteiger partial charge in [0, 0.05) is 32.2 Å². The highest BCUT2D eigenvalue weighted by Crippen LogP contribution is 2.07. The van der Waals surface area contributed by atoms with E-state index in [0.29, 0.717) is 7.11 Å². The van der Waals surface area contributed by atoms with Crippen molar-refractivity contribution in [3.05, 3.63) is 0 Å². The largest absolute Gasteiger partial charge is 0.469 e. The van der Waals surface area contributed by atoms with Crippen molar-refractivity contribution in [3.63, 3.8) is 0 Å². The van der Waals surface area contributed by atoms with E-state index >= 15 is 0 Å². The molecule has 0 atom stereocenters. The van der Waals surface area contributed by atoms with Gasteiger partial charge in [-0.1, -0.05) is 25.5 Å². The van der Waals surface area contributed by atoms with Crippen LogP contribution < -0.4 is 0 Å². The van der Waals surface area contributed by atoms with Crippen molar-refractivity contribution in [2.45, 2.75) is 44.6 Å². The molecule has 0 spiro atoms. The maximum atomic E-state index is 11.5. The van der Waals surface area contributed by atoms with Gasteiger partial charge < -0.3 is 9.84 Å². The summed E-state index contributed by atoms with van der Waals surface area (Å²) in [6, 6.07) is 0. The van der Waals surface area contributed by atoms with Crippen LogP contribution in [0.15, 0.2) is 0 Å². The fourth-order valence-electron chi connectivity index (χ4n) is 0.311. The summed E-state index contributed by atoms with van der Waals surface area (Å²) in [6.07, 6.45) is -27.7. The van der Waals surface area contributed by atoms with Gasteiger partial charge in [-0.25, -0.2) is 0 Å². The fraction of sp³-hybridized carbons (Fsp3) is 0.900. The molecule has 0 radical (unpaired) electrons. The number of hydrogen-bond donors (Lipinski definition) is 1. The summed E-state index contributed by atoms with van der Waals surface area (Å²) in [4.78, 5) is 11.5. The van der Waals surface area contributed by atoms with Crippen LogP contribution in [0.3, 0.4) is 0 Å². The topological polar surface area (TPSA) is 46.5 Å². The van der Waals surface area contributed by atoms with E-state index in [2.05, 4.69) is 4.74 Å². The quantitative estimate of drug-likeness (QED) is 0.611. The van der Waals surface area contributed by atoms with Crippen molar-refractivity contribution in [2.75, 3.05) is 13.7 Å². The lowest BCUT2D eigenvalue weighted by atomic mass is 10.1. The van der Waals surface area contributed by atoms with Gasteiger partial charge in [0.25, 0.3) is 0 Å². The summed E-state index contributed by atoms with van der Waals surface area (Å²) in [5, 5.41) is 8.96. The highest BCUT2D eigenvalue weighted by atomic mass is 16.5. The Morgan fingerprint density at radius 3 is 2.31 bits per heavy atom. The molecule has 0 rings (SSSR count). The van der Waals surface area contributed by atoms with Gasteiger partial charge in [-0.3, -0.25) is 4.79 Å². The van der Waals surface area contributed by atoms with Gasteiger partial charge in [0.15, 0.2) is 0 Å². The molecule has 1 N–H and O–H groups in total. The third-order valence-corrected chi connectivity index (χ3v) is 0.767. The number of carbonyl (C=O) groups excluding carboxylic acids is 1. The Bertz CT molecular complexity index is 569. The smallest absolute Gasteiger partial charge is 0.305 e. The van der Waals surface area contributed by atoms with Crippen LogP contribution in [-0.4, -0.2) is 24.8 Å². The number of methoxy groups -OCH3 is 1. The van der Waals surface area contributed by atoms with E-state index in [0.717, 1.165) is 0 Å². The summed E-state index contributed by atoms with van der Waals surface area (Å²) >= 11 is 0. The Balaban J connectivity index is 6.60. The van der Waals surface area contributed by atoms with Gasteiger partial charge in [0.2, 0.25) is 0 Å². The van der Waals surface area contributed by atoms with Crippen molar-refractivity contribution in [1.82, 2.24) is 0 Å². The van der Waals surface area contributed by atoms with E-state index in [9.17, 15) is 4.79 Å². The molecule has 0 amide bonds. The first-order valence-corrected chi connectivity index (χ1v) is 3.24. The zero-order valence-electron chi connectivity index (χ0n) is 21.0. The van der Waals surface area contributed by atoms with E-state index in [1.807, 2.05) is 0 Å². The standard InChI is InChI=1S/C10H20O3/c1-13-10(12)8-6-4-2-3-5-7-9-11/h11H,2-9H2,1H3/i2D2,3D2,4D2,5D2,6D2,7D2,8D2. The molecule has 0 saturated heterocycles. The van der Waals surface area contributed by atoms with Crippen LogP contribution >= 0.6 is 0 Å². The third-order valence-electron chi connectivity index (χ3n) is 0.767. The van der Waals surface area contributed by atoms with Gasteiger partial charge in [-0.15, -0.1) is 0 Å². The first-order chi connectivity index (χ1) is 11.5. The average Bonchev–Trinajstić information content (AvgIpc) is 2.52. The van der Waals surface area contributed by atoms with Crippen LogP contribution in [0.4, 0.5) is 0 Å². The normalized spacial score (nSPS) is 33.7. The molecule has 0 aromatic heterocycles. The average molecular weight is 202 g/mol. The molecule has 0 aromatic carbocycles. The summed E-state index contributed by atoms with van der Waals surface area (Å²) in [7, 11) is 0.661. The van der Waals surface area contributed by atoms with Crippen LogP contribution in [0, 0.1) is 0 Å². The van der Waals surface area contributed by atoms with Gasteiger partial charge in [-0.2, -0.15) is 0 Å². The second-order valence-electron chi connectivity index (χ2n) is 1.58. The van der Waals surface area contributed by atoms with Crippen molar-refractivity contribution in [2.24, 2.45) is 0 Å². The molecule has 13 heavy (non-hydrogen) atoms. The lowest BCUT2D eigenvalue weighted by Crippen LogP contribution is -1.99. The number of esters is 1. The zero-order valence-corrected chi connectivity index (χ0v) is 6.97. The highest BCUT2D eigenvalue weighted by Gasteiger charge is 1.98. The van der Waals surface area contributed by atoms with E-state index in [4.69, 9.17) is 24.3 Å². The predicted molar refractivity (Wildman–Crippen MR) is 51.4 cm³/mol. The Kier molecular flexibility index (Phi) is 1.84. The highest BCUT2D eigenvalue weighted by molar-refractivity contribution is 5.68. The minimum atomic E-state index is -4.23. The van der Waals surface area contributed by atoms with Crippen LogP contribution in [-0.2, 0) is 9.53 Å². The van der Waals surface area contributed by atoms with Gasteiger partial charge in [0.1, 0.15) is 0 Å². The first-order valence-electron chi connectivity index (χ1n) is 10.2. The lowest BCUT2D eigenvalue weighted by Gasteiger charge is -2.00. The number of aliphatic hydroxyl groups excluding tert-OH is 1. The molecule has 0 aliphatic heterocycles. The molecule has 0 aliphatic carbocycles. The monoisotopic (exact) mass is 202 g/mol. The van der Waals surface area contributed by atoms with Gasteiger partial charge in [-0.05, 0) is 12.7 Å². The SMILES string of the molecule is [2H]C([2H])(CO)C([2H])([2H])C([2H])([2H])C([2H])([2H])C([2H])([2H])C([2H])([2H])C([2H])([2H])C(=O)OC. The molecule has 0 heterocycles. The lowest BCUT2D eigenvalue weighted by molar-refractivity contribution is -0.140. The molecular weight excluding hydrogens is 168 g/mol. The molecule has 0 saturated carbocycles. The van der Waals surface area contributed by atoms with E-state index in [1.165, 1.54) is 0 Å². The van der Waals surface area contributed by atoms with Crippen molar-refractivity contribution < 1.29 is 33.8 Å². The number of carbonyl (C=O) groups is 1. The molecule has 0 aromatic rings. The number of hydrogen-bond acceptors (Lipinski definition) is 3. The second kappa shape index (κ2) is 9.52. The molecule has 0 unspecified atom stereocenters. The molecule has 78 valence electrons. The van der Waals surface area contributed by atoms with E-state index < -0.39 is 57.2 Å². The molecule has 0 aliphatic rings. The summed E-state index contributed by atoms with van der Waals surface area (Å²) in [5.41, 5.74) is 0. The minimum absolute atomic E-state index is 0.661. The van der Waals surface area contributed by atoms with Gasteiger partial charge in [0.05, 0.1) is 7.11 Å². The molecule has 3 nitrogen and oxygen atoms in total. The molecule has 0 bridgehead atoms. The number of aliphatic hydroxyl groups is 1. The third kappa shape index (κ3) is 9.34. The Hall–Kier alpha value is -0.570. The Labute approximate surface area is 99.8 Å². The molecular formula is C10H20O3. The van der Waals surface area contributed by atoms with Crippen molar-refractivity contribution in [3.8, 4) is 0 Å².